The summed E-state index contributed by atoms with van der Waals surface area (Å²) in [4.78, 5) is 18.6. The third-order valence-corrected chi connectivity index (χ3v) is 2.76. The van der Waals surface area contributed by atoms with Crippen LogP contribution in [-0.2, 0) is 6.54 Å². The summed E-state index contributed by atoms with van der Waals surface area (Å²) < 4.78 is 10.4. The number of aromatic amines is 1. The molecule has 0 fully saturated rings. The molecule has 0 saturated heterocycles. The maximum absolute atomic E-state index is 11.7. The third kappa shape index (κ3) is 2.58. The number of nitrogens with two attached hydrogens (primary N) is 1. The Bertz CT molecular complexity index is 637. The van der Waals surface area contributed by atoms with Gasteiger partial charge in [0.05, 0.1) is 19.8 Å². The Labute approximate surface area is 110 Å². The van der Waals surface area contributed by atoms with Crippen molar-refractivity contribution in [2.45, 2.75) is 6.54 Å². The van der Waals surface area contributed by atoms with Gasteiger partial charge in [-0.05, 0) is 12.1 Å². The summed E-state index contributed by atoms with van der Waals surface area (Å²) in [5, 5.41) is 0. The van der Waals surface area contributed by atoms with Gasteiger partial charge in [0.25, 0.3) is 5.56 Å². The Balaban J connectivity index is 2.52. The molecule has 0 bridgehead atoms. The third-order valence-electron chi connectivity index (χ3n) is 2.76. The van der Waals surface area contributed by atoms with Gasteiger partial charge < -0.3 is 20.2 Å². The molecule has 3 N–H and O–H groups in total. The molecular weight excluding hydrogens is 246 g/mol. The molecule has 0 saturated carbocycles. The van der Waals surface area contributed by atoms with Gasteiger partial charge in [0, 0.05) is 24.4 Å². The van der Waals surface area contributed by atoms with Gasteiger partial charge in [-0.25, -0.2) is 4.98 Å². The molecule has 1 aromatic heterocycles. The highest BCUT2D eigenvalue weighted by Gasteiger charge is 2.10. The summed E-state index contributed by atoms with van der Waals surface area (Å²) in [5.74, 6) is 1.67. The minimum Gasteiger partial charge on any atom is -0.497 e. The van der Waals surface area contributed by atoms with Gasteiger partial charge in [-0.15, -0.1) is 0 Å². The first-order chi connectivity index (χ1) is 9.19. The van der Waals surface area contributed by atoms with Crippen molar-refractivity contribution in [1.82, 2.24) is 9.97 Å². The van der Waals surface area contributed by atoms with E-state index in [-0.39, 0.29) is 12.1 Å². The second kappa shape index (κ2) is 5.53. The number of hydrogen-bond donors (Lipinski definition) is 2. The van der Waals surface area contributed by atoms with Crippen LogP contribution < -0.4 is 20.8 Å². The summed E-state index contributed by atoms with van der Waals surface area (Å²) in [7, 11) is 3.12. The largest absolute Gasteiger partial charge is 0.497 e. The number of H-pyrrole nitrogens is 1. The van der Waals surface area contributed by atoms with E-state index < -0.39 is 0 Å². The first kappa shape index (κ1) is 13.1. The number of aromatic nitrogens is 2. The van der Waals surface area contributed by atoms with Gasteiger partial charge in [-0.1, -0.05) is 0 Å². The monoisotopic (exact) mass is 261 g/mol. The van der Waals surface area contributed by atoms with Crippen molar-refractivity contribution in [2.24, 2.45) is 5.73 Å². The van der Waals surface area contributed by atoms with E-state index in [0.717, 1.165) is 0 Å². The van der Waals surface area contributed by atoms with Gasteiger partial charge in [-0.3, -0.25) is 4.79 Å². The van der Waals surface area contributed by atoms with Crippen LogP contribution in [0.3, 0.4) is 0 Å². The fourth-order valence-corrected chi connectivity index (χ4v) is 1.70. The minimum atomic E-state index is -0.245. The second-order valence-electron chi connectivity index (χ2n) is 3.86. The molecule has 0 aliphatic carbocycles. The average molecular weight is 261 g/mol. The lowest BCUT2D eigenvalue weighted by atomic mass is 10.1. The van der Waals surface area contributed by atoms with Crippen molar-refractivity contribution in [3.8, 4) is 22.9 Å². The zero-order valence-electron chi connectivity index (χ0n) is 10.8. The molecule has 6 heteroatoms. The van der Waals surface area contributed by atoms with Crippen molar-refractivity contribution >= 4 is 0 Å². The Morgan fingerprint density at radius 3 is 2.68 bits per heavy atom. The van der Waals surface area contributed by atoms with E-state index in [2.05, 4.69) is 9.97 Å². The Morgan fingerprint density at radius 1 is 1.32 bits per heavy atom. The van der Waals surface area contributed by atoms with E-state index in [1.807, 2.05) is 0 Å². The van der Waals surface area contributed by atoms with Crippen molar-refractivity contribution in [3.05, 3.63) is 40.3 Å². The Kier molecular flexibility index (Phi) is 3.82. The summed E-state index contributed by atoms with van der Waals surface area (Å²) >= 11 is 0. The number of nitrogens with one attached hydrogen (secondary N) is 1. The van der Waals surface area contributed by atoms with Crippen LogP contribution in [-0.4, -0.2) is 24.2 Å². The van der Waals surface area contributed by atoms with Crippen molar-refractivity contribution < 1.29 is 9.47 Å². The highest BCUT2D eigenvalue weighted by Crippen LogP contribution is 2.30. The molecule has 0 unspecified atom stereocenters. The highest BCUT2D eigenvalue weighted by atomic mass is 16.5. The molecule has 0 spiro atoms. The second-order valence-corrected chi connectivity index (χ2v) is 3.86. The standard InChI is InChI=1S/C13H15N3O3/c1-18-9-3-4-10(11(5-9)19-2)12-15-7-8(6-14)13(17)16-12/h3-5,7H,6,14H2,1-2H3,(H,15,16,17). The van der Waals surface area contributed by atoms with Crippen LogP contribution in [0.1, 0.15) is 5.56 Å². The number of methoxy groups -OCH3 is 2. The molecule has 6 nitrogen and oxygen atoms in total. The van der Waals surface area contributed by atoms with E-state index in [0.29, 0.717) is 28.5 Å². The molecule has 0 atom stereocenters. The number of nitrogens with zero attached hydrogens (tertiary/aromatic N) is 1. The van der Waals surface area contributed by atoms with Gasteiger partial charge in [0.2, 0.25) is 0 Å². The van der Waals surface area contributed by atoms with E-state index in [1.165, 1.54) is 6.20 Å². The number of hydrogen-bond acceptors (Lipinski definition) is 5. The van der Waals surface area contributed by atoms with Crippen LogP contribution in [0.15, 0.2) is 29.2 Å². The fraction of sp³-hybridized carbons (Fsp3) is 0.231. The lowest BCUT2D eigenvalue weighted by molar-refractivity contribution is 0.395. The number of benzene rings is 1. The van der Waals surface area contributed by atoms with Crippen LogP contribution in [0.4, 0.5) is 0 Å². The minimum absolute atomic E-state index is 0.155. The molecule has 0 aliphatic heterocycles. The quantitative estimate of drug-likeness (QED) is 0.853. The molecule has 2 rings (SSSR count). The van der Waals surface area contributed by atoms with E-state index in [1.54, 1.807) is 32.4 Å². The summed E-state index contributed by atoms with van der Waals surface area (Å²) in [6, 6.07) is 5.28. The van der Waals surface area contributed by atoms with Crippen LogP contribution in [0.25, 0.3) is 11.4 Å². The molecule has 19 heavy (non-hydrogen) atoms. The Morgan fingerprint density at radius 2 is 2.11 bits per heavy atom. The van der Waals surface area contributed by atoms with E-state index in [4.69, 9.17) is 15.2 Å². The highest BCUT2D eigenvalue weighted by molar-refractivity contribution is 5.65. The number of ether oxygens (including phenoxy) is 2. The molecule has 1 heterocycles. The van der Waals surface area contributed by atoms with Crippen molar-refractivity contribution in [1.29, 1.82) is 0 Å². The van der Waals surface area contributed by atoms with E-state index in [9.17, 15) is 4.79 Å². The van der Waals surface area contributed by atoms with Gasteiger partial charge >= 0.3 is 0 Å². The lowest BCUT2D eigenvalue weighted by Crippen LogP contribution is -2.17. The molecular formula is C13H15N3O3. The van der Waals surface area contributed by atoms with Crippen LogP contribution in [0.2, 0.25) is 0 Å². The van der Waals surface area contributed by atoms with Crippen molar-refractivity contribution in [2.75, 3.05) is 14.2 Å². The lowest BCUT2D eigenvalue weighted by Gasteiger charge is -2.09. The molecule has 2 aromatic rings. The van der Waals surface area contributed by atoms with Gasteiger partial charge in [0.15, 0.2) is 0 Å². The average Bonchev–Trinajstić information content (AvgIpc) is 2.46. The zero-order chi connectivity index (χ0) is 13.8. The fourth-order valence-electron chi connectivity index (χ4n) is 1.70. The maximum atomic E-state index is 11.7. The zero-order valence-corrected chi connectivity index (χ0v) is 10.8. The smallest absolute Gasteiger partial charge is 0.255 e. The maximum Gasteiger partial charge on any atom is 0.255 e. The molecule has 0 amide bonds. The molecule has 100 valence electrons. The predicted molar refractivity (Wildman–Crippen MR) is 71.3 cm³/mol. The summed E-state index contributed by atoms with van der Waals surface area (Å²) in [5.41, 5.74) is 6.31. The van der Waals surface area contributed by atoms with Crippen molar-refractivity contribution in [3.63, 3.8) is 0 Å². The number of rotatable bonds is 4. The topological polar surface area (TPSA) is 90.2 Å². The van der Waals surface area contributed by atoms with E-state index >= 15 is 0 Å². The summed E-state index contributed by atoms with van der Waals surface area (Å²) in [6.45, 7) is 0.155. The SMILES string of the molecule is COc1ccc(-c2ncc(CN)c(=O)[nH]2)c(OC)c1. The molecule has 0 aliphatic rings. The van der Waals surface area contributed by atoms with Crippen LogP contribution in [0, 0.1) is 0 Å². The predicted octanol–water partition coefficient (Wildman–Crippen LogP) is 0.913. The first-order valence-electron chi connectivity index (χ1n) is 5.70. The Hall–Kier alpha value is -2.34. The van der Waals surface area contributed by atoms with Crippen LogP contribution in [0.5, 0.6) is 11.5 Å². The summed E-state index contributed by atoms with van der Waals surface area (Å²) in [6.07, 6.45) is 1.47. The van der Waals surface area contributed by atoms with Gasteiger partial charge in [0.1, 0.15) is 17.3 Å². The normalized spacial score (nSPS) is 10.3. The van der Waals surface area contributed by atoms with Gasteiger partial charge in [-0.2, -0.15) is 0 Å². The molecule has 1 aromatic carbocycles. The molecule has 0 radical (unpaired) electrons. The van der Waals surface area contributed by atoms with Crippen LogP contribution >= 0.6 is 0 Å². The first-order valence-corrected chi connectivity index (χ1v) is 5.70.